The first-order valence-electron chi connectivity index (χ1n) is 5.21. The van der Waals surface area contributed by atoms with Gasteiger partial charge in [-0.3, -0.25) is 9.30 Å². The van der Waals surface area contributed by atoms with Crippen molar-refractivity contribution in [2.45, 2.75) is 25.9 Å². The number of hydrogen-bond acceptors (Lipinski definition) is 3. The molecule has 3 nitrogen and oxygen atoms in total. The zero-order valence-electron chi connectivity index (χ0n) is 9.77. The van der Waals surface area contributed by atoms with E-state index in [1.54, 1.807) is 11.3 Å². The van der Waals surface area contributed by atoms with Gasteiger partial charge in [-0.05, 0) is 20.9 Å². The zero-order chi connectivity index (χ0) is 11.8. The van der Waals surface area contributed by atoms with Crippen LogP contribution in [0.1, 0.15) is 19.5 Å². The molecule has 2 heterocycles. The molecular weight excluding hydrogens is 242 g/mol. The van der Waals surface area contributed by atoms with Crippen LogP contribution in [0.5, 0.6) is 0 Å². The highest BCUT2D eigenvalue weighted by Gasteiger charge is 2.22. The van der Waals surface area contributed by atoms with Crippen LogP contribution in [0, 0.1) is 0 Å². The monoisotopic (exact) mass is 257 g/mol. The maximum Gasteiger partial charge on any atom is 0.193 e. The van der Waals surface area contributed by atoms with Gasteiger partial charge in [0.25, 0.3) is 0 Å². The molecule has 0 bridgehead atoms. The van der Waals surface area contributed by atoms with Crippen molar-refractivity contribution in [2.24, 2.45) is 0 Å². The average Bonchev–Trinajstić information content (AvgIpc) is 2.77. The highest BCUT2D eigenvalue weighted by molar-refractivity contribution is 7.15. The molecule has 0 spiro atoms. The summed E-state index contributed by atoms with van der Waals surface area (Å²) in [5.74, 6) is 0.617. The number of fused-ring (bicyclic) bond motifs is 1. The molecule has 0 amide bonds. The normalized spacial score (nSPS) is 12.8. The van der Waals surface area contributed by atoms with Crippen molar-refractivity contribution in [1.82, 2.24) is 14.3 Å². The van der Waals surface area contributed by atoms with E-state index in [2.05, 4.69) is 41.4 Å². The molecule has 2 aromatic heterocycles. The van der Waals surface area contributed by atoms with Crippen molar-refractivity contribution in [3.8, 4) is 0 Å². The van der Waals surface area contributed by atoms with Crippen molar-refractivity contribution in [3.63, 3.8) is 0 Å². The van der Waals surface area contributed by atoms with Crippen LogP contribution < -0.4 is 0 Å². The lowest BCUT2D eigenvalue weighted by atomic mass is 10.1. The number of thiazole rings is 1. The van der Waals surface area contributed by atoms with Gasteiger partial charge in [-0.1, -0.05) is 0 Å². The van der Waals surface area contributed by atoms with Crippen molar-refractivity contribution in [1.29, 1.82) is 0 Å². The summed E-state index contributed by atoms with van der Waals surface area (Å²) in [6.07, 6.45) is 4.11. The maximum absolute atomic E-state index is 5.95. The van der Waals surface area contributed by atoms with Crippen LogP contribution in [-0.2, 0) is 6.54 Å². The van der Waals surface area contributed by atoms with Gasteiger partial charge in [0.1, 0.15) is 0 Å². The molecule has 0 aliphatic rings. The van der Waals surface area contributed by atoms with Crippen LogP contribution in [0.25, 0.3) is 4.96 Å². The molecule has 0 atom stereocenters. The molecule has 0 saturated carbocycles. The molecule has 2 aromatic rings. The Morgan fingerprint density at radius 2 is 2.31 bits per heavy atom. The molecule has 5 heteroatoms. The third kappa shape index (κ3) is 2.24. The summed E-state index contributed by atoms with van der Waals surface area (Å²) in [4.78, 5) is 7.83. The van der Waals surface area contributed by atoms with E-state index in [1.807, 2.05) is 11.6 Å². The van der Waals surface area contributed by atoms with E-state index in [9.17, 15) is 0 Å². The number of alkyl halides is 1. The van der Waals surface area contributed by atoms with Crippen LogP contribution in [-0.4, -0.2) is 32.8 Å². The average molecular weight is 258 g/mol. The van der Waals surface area contributed by atoms with Gasteiger partial charge in [0.05, 0.1) is 5.69 Å². The van der Waals surface area contributed by atoms with Gasteiger partial charge in [0, 0.05) is 35.7 Å². The number of rotatable bonds is 4. The first-order valence-corrected chi connectivity index (χ1v) is 6.62. The summed E-state index contributed by atoms with van der Waals surface area (Å²) in [6, 6.07) is 0. The topological polar surface area (TPSA) is 20.5 Å². The van der Waals surface area contributed by atoms with Crippen LogP contribution in [0.2, 0.25) is 0 Å². The van der Waals surface area contributed by atoms with Crippen molar-refractivity contribution in [2.75, 3.05) is 12.9 Å². The summed E-state index contributed by atoms with van der Waals surface area (Å²) < 4.78 is 2.06. The molecule has 0 unspecified atom stereocenters. The second-order valence-corrected chi connectivity index (χ2v) is 5.77. The van der Waals surface area contributed by atoms with E-state index in [0.29, 0.717) is 5.88 Å². The van der Waals surface area contributed by atoms with Crippen molar-refractivity contribution in [3.05, 3.63) is 23.5 Å². The molecule has 0 saturated heterocycles. The minimum Gasteiger partial charge on any atom is -0.297 e. The summed E-state index contributed by atoms with van der Waals surface area (Å²) in [5, 5.41) is 2.04. The number of nitrogens with zero attached hydrogens (tertiary/aromatic N) is 3. The Morgan fingerprint density at radius 3 is 2.94 bits per heavy atom. The number of imidazole rings is 1. The van der Waals surface area contributed by atoms with Crippen LogP contribution in [0.15, 0.2) is 17.8 Å². The highest BCUT2D eigenvalue weighted by atomic mass is 35.5. The van der Waals surface area contributed by atoms with Crippen LogP contribution in [0.3, 0.4) is 0 Å². The standard InChI is InChI=1S/C11H16ClN3S/c1-11(2,8-12)14(3)6-9-7-15-4-5-16-10(15)13-9/h4-5,7H,6,8H2,1-3H3. The van der Waals surface area contributed by atoms with Gasteiger partial charge in [0.2, 0.25) is 0 Å². The Balaban J connectivity index is 2.13. The van der Waals surface area contributed by atoms with E-state index < -0.39 is 0 Å². The summed E-state index contributed by atoms with van der Waals surface area (Å²) >= 11 is 7.60. The number of hydrogen-bond donors (Lipinski definition) is 0. The van der Waals surface area contributed by atoms with Crippen LogP contribution in [0.4, 0.5) is 0 Å². The summed E-state index contributed by atoms with van der Waals surface area (Å²) in [6.45, 7) is 5.10. The van der Waals surface area contributed by atoms with E-state index in [4.69, 9.17) is 11.6 Å². The fraction of sp³-hybridized carbons (Fsp3) is 0.545. The smallest absolute Gasteiger partial charge is 0.193 e. The quantitative estimate of drug-likeness (QED) is 0.786. The van der Waals surface area contributed by atoms with E-state index in [1.165, 1.54) is 0 Å². The molecule has 16 heavy (non-hydrogen) atoms. The molecular formula is C11H16ClN3S. The molecule has 0 N–H and O–H groups in total. The van der Waals surface area contributed by atoms with Crippen LogP contribution >= 0.6 is 22.9 Å². The fourth-order valence-corrected chi connectivity index (χ4v) is 2.33. The van der Waals surface area contributed by atoms with Gasteiger partial charge >= 0.3 is 0 Å². The zero-order valence-corrected chi connectivity index (χ0v) is 11.3. The predicted molar refractivity (Wildman–Crippen MR) is 69.3 cm³/mol. The van der Waals surface area contributed by atoms with E-state index in [-0.39, 0.29) is 5.54 Å². The molecule has 0 aromatic carbocycles. The lowest BCUT2D eigenvalue weighted by Crippen LogP contribution is -2.42. The van der Waals surface area contributed by atoms with E-state index >= 15 is 0 Å². The van der Waals surface area contributed by atoms with E-state index in [0.717, 1.165) is 17.2 Å². The summed E-state index contributed by atoms with van der Waals surface area (Å²) in [7, 11) is 2.08. The largest absolute Gasteiger partial charge is 0.297 e. The lowest BCUT2D eigenvalue weighted by molar-refractivity contribution is 0.169. The predicted octanol–water partition coefficient (Wildman–Crippen LogP) is 2.85. The van der Waals surface area contributed by atoms with Gasteiger partial charge in [-0.2, -0.15) is 0 Å². The Bertz CT molecular complexity index is 446. The molecule has 0 aliphatic carbocycles. The molecule has 2 rings (SSSR count). The Hall–Kier alpha value is -0.580. The lowest BCUT2D eigenvalue weighted by Gasteiger charge is -2.33. The molecule has 88 valence electrons. The molecule has 0 aliphatic heterocycles. The van der Waals surface area contributed by atoms with Gasteiger partial charge < -0.3 is 0 Å². The third-order valence-corrected chi connectivity index (χ3v) is 4.33. The minimum absolute atomic E-state index is 0.00139. The summed E-state index contributed by atoms with van der Waals surface area (Å²) in [5.41, 5.74) is 1.09. The second-order valence-electron chi connectivity index (χ2n) is 4.63. The first-order chi connectivity index (χ1) is 7.53. The van der Waals surface area contributed by atoms with Crippen molar-refractivity contribution < 1.29 is 0 Å². The molecule has 0 radical (unpaired) electrons. The van der Waals surface area contributed by atoms with Gasteiger partial charge in [-0.15, -0.1) is 22.9 Å². The Morgan fingerprint density at radius 1 is 1.56 bits per heavy atom. The number of halogens is 1. The minimum atomic E-state index is -0.00139. The SMILES string of the molecule is CN(Cc1cn2ccsc2n1)C(C)(C)CCl. The molecule has 0 fully saturated rings. The first kappa shape index (κ1) is 11.9. The number of aromatic nitrogens is 2. The Labute approximate surface area is 105 Å². The third-order valence-electron chi connectivity index (χ3n) is 2.90. The van der Waals surface area contributed by atoms with Crippen molar-refractivity contribution >= 4 is 27.9 Å². The Kier molecular flexibility index (Phi) is 3.24. The highest BCUT2D eigenvalue weighted by Crippen LogP contribution is 2.18. The van der Waals surface area contributed by atoms with Gasteiger partial charge in [0.15, 0.2) is 4.96 Å². The fourth-order valence-electron chi connectivity index (χ4n) is 1.41. The second kappa shape index (κ2) is 4.35. The van der Waals surface area contributed by atoms with Gasteiger partial charge in [-0.25, -0.2) is 4.98 Å². The maximum atomic E-state index is 5.95.